The molecule has 0 bridgehead atoms. The molecule has 2 N–H and O–H groups in total. The summed E-state index contributed by atoms with van der Waals surface area (Å²) in [5.74, 6) is 0.458. The predicted molar refractivity (Wildman–Crippen MR) is 107 cm³/mol. The fourth-order valence-corrected chi connectivity index (χ4v) is 2.81. The van der Waals surface area contributed by atoms with Crippen molar-refractivity contribution in [1.82, 2.24) is 25.5 Å². The van der Waals surface area contributed by atoms with Crippen molar-refractivity contribution >= 4 is 5.91 Å². The Kier molecular flexibility index (Phi) is 5.84. The van der Waals surface area contributed by atoms with Gasteiger partial charge in [-0.3, -0.25) is 4.79 Å². The Hall–Kier alpha value is -3.06. The van der Waals surface area contributed by atoms with Crippen LogP contribution < -0.4 is 5.32 Å². The molecule has 2 aromatic carbocycles. The zero-order chi connectivity index (χ0) is 20.3. The van der Waals surface area contributed by atoms with Gasteiger partial charge in [0, 0.05) is 12.0 Å². The SMILES string of the molecule is CCc1nnnn1-c1cc(C(=O)N[C@@H](C)C(C)O)cc(-c2ccc(C)cc2)c1. The molecule has 146 valence electrons. The van der Waals surface area contributed by atoms with Crippen molar-refractivity contribution in [3.63, 3.8) is 0 Å². The molecule has 7 nitrogen and oxygen atoms in total. The number of aryl methyl sites for hydroxylation is 2. The predicted octanol–water partition coefficient (Wildman–Crippen LogP) is 2.70. The zero-order valence-corrected chi connectivity index (χ0v) is 16.5. The van der Waals surface area contributed by atoms with E-state index in [-0.39, 0.29) is 11.9 Å². The largest absolute Gasteiger partial charge is 0.391 e. The molecule has 0 aliphatic carbocycles. The van der Waals surface area contributed by atoms with Gasteiger partial charge >= 0.3 is 0 Å². The number of nitrogens with zero attached hydrogens (tertiary/aromatic N) is 4. The third-order valence-corrected chi connectivity index (χ3v) is 4.74. The molecule has 0 spiro atoms. The Morgan fingerprint density at radius 1 is 1.14 bits per heavy atom. The lowest BCUT2D eigenvalue weighted by Crippen LogP contribution is -2.39. The first kappa shape index (κ1) is 19.7. The van der Waals surface area contributed by atoms with Crippen molar-refractivity contribution in [1.29, 1.82) is 0 Å². The van der Waals surface area contributed by atoms with Gasteiger partial charge in [0.1, 0.15) is 0 Å². The van der Waals surface area contributed by atoms with Gasteiger partial charge in [-0.05, 0) is 60.5 Å². The number of aliphatic hydroxyl groups excluding tert-OH is 1. The fraction of sp³-hybridized carbons (Fsp3) is 0.333. The Bertz CT molecular complexity index is 963. The van der Waals surface area contributed by atoms with Crippen LogP contribution in [-0.4, -0.2) is 43.4 Å². The minimum Gasteiger partial charge on any atom is -0.391 e. The summed E-state index contributed by atoms with van der Waals surface area (Å²) in [6.07, 6.45) is 0.0254. The minimum atomic E-state index is -0.644. The molecule has 1 aromatic heterocycles. The second kappa shape index (κ2) is 8.31. The normalized spacial score (nSPS) is 13.2. The van der Waals surface area contributed by atoms with E-state index >= 15 is 0 Å². The van der Waals surface area contributed by atoms with Crippen LogP contribution in [0.25, 0.3) is 16.8 Å². The lowest BCUT2D eigenvalue weighted by molar-refractivity contribution is 0.0874. The third kappa shape index (κ3) is 4.26. The molecule has 3 aromatic rings. The lowest BCUT2D eigenvalue weighted by atomic mass is 10.0. The van der Waals surface area contributed by atoms with E-state index in [2.05, 4.69) is 20.8 Å². The van der Waals surface area contributed by atoms with Crippen molar-refractivity contribution in [3.8, 4) is 16.8 Å². The fourth-order valence-electron chi connectivity index (χ4n) is 2.81. The average molecular weight is 379 g/mol. The summed E-state index contributed by atoms with van der Waals surface area (Å²) in [4.78, 5) is 12.8. The molecule has 1 amide bonds. The van der Waals surface area contributed by atoms with E-state index in [1.165, 1.54) is 0 Å². The molecule has 0 aliphatic rings. The maximum atomic E-state index is 12.8. The highest BCUT2D eigenvalue weighted by molar-refractivity contribution is 5.96. The summed E-state index contributed by atoms with van der Waals surface area (Å²) >= 11 is 0. The van der Waals surface area contributed by atoms with E-state index in [0.717, 1.165) is 22.4 Å². The molecule has 7 heteroatoms. The number of hydrogen-bond acceptors (Lipinski definition) is 5. The van der Waals surface area contributed by atoms with Crippen molar-refractivity contribution in [2.45, 2.75) is 46.3 Å². The van der Waals surface area contributed by atoms with E-state index < -0.39 is 6.10 Å². The smallest absolute Gasteiger partial charge is 0.251 e. The van der Waals surface area contributed by atoms with E-state index in [0.29, 0.717) is 17.8 Å². The van der Waals surface area contributed by atoms with Crippen LogP contribution in [0.5, 0.6) is 0 Å². The number of amides is 1. The van der Waals surface area contributed by atoms with Crippen molar-refractivity contribution < 1.29 is 9.90 Å². The topological polar surface area (TPSA) is 92.9 Å². The highest BCUT2D eigenvalue weighted by Gasteiger charge is 2.17. The van der Waals surface area contributed by atoms with Gasteiger partial charge in [-0.25, -0.2) is 0 Å². The van der Waals surface area contributed by atoms with E-state index in [1.54, 1.807) is 24.6 Å². The number of benzene rings is 2. The molecule has 0 radical (unpaired) electrons. The number of tetrazole rings is 1. The molecule has 0 aliphatic heterocycles. The second-order valence-electron chi connectivity index (χ2n) is 7.00. The monoisotopic (exact) mass is 379 g/mol. The first-order valence-electron chi connectivity index (χ1n) is 9.37. The Labute approximate surface area is 164 Å². The third-order valence-electron chi connectivity index (χ3n) is 4.74. The molecule has 0 saturated carbocycles. The first-order chi connectivity index (χ1) is 13.4. The van der Waals surface area contributed by atoms with Gasteiger partial charge in [-0.15, -0.1) is 5.10 Å². The number of hydrogen-bond donors (Lipinski definition) is 2. The molecule has 28 heavy (non-hydrogen) atoms. The highest BCUT2D eigenvalue weighted by Crippen LogP contribution is 2.25. The molecular formula is C21H25N5O2. The van der Waals surface area contributed by atoms with Crippen LogP contribution in [-0.2, 0) is 6.42 Å². The Morgan fingerprint density at radius 2 is 1.86 bits per heavy atom. The molecule has 1 heterocycles. The molecule has 0 fully saturated rings. The number of aromatic nitrogens is 4. The van der Waals surface area contributed by atoms with E-state index in [4.69, 9.17) is 0 Å². The van der Waals surface area contributed by atoms with E-state index in [9.17, 15) is 9.90 Å². The standard InChI is InChI=1S/C21H25N5O2/c1-5-20-23-24-25-26(20)19-11-17(16-8-6-13(2)7-9-16)10-18(12-19)21(28)22-14(3)15(4)27/h6-12,14-15,27H,5H2,1-4H3,(H,22,28)/t14-,15?/m0/s1. The van der Waals surface area contributed by atoms with Gasteiger partial charge in [0.15, 0.2) is 5.82 Å². The van der Waals surface area contributed by atoms with Crippen LogP contribution in [0.15, 0.2) is 42.5 Å². The van der Waals surface area contributed by atoms with Crippen LogP contribution >= 0.6 is 0 Å². The summed E-state index contributed by atoms with van der Waals surface area (Å²) in [6.45, 7) is 7.42. The van der Waals surface area contributed by atoms with Gasteiger partial charge in [-0.1, -0.05) is 36.8 Å². The van der Waals surface area contributed by atoms with Gasteiger partial charge in [0.25, 0.3) is 5.91 Å². The van der Waals surface area contributed by atoms with Crippen molar-refractivity contribution in [3.05, 3.63) is 59.4 Å². The highest BCUT2D eigenvalue weighted by atomic mass is 16.3. The van der Waals surface area contributed by atoms with Crippen LogP contribution in [0.1, 0.15) is 42.5 Å². The maximum absolute atomic E-state index is 12.8. The van der Waals surface area contributed by atoms with Crippen LogP contribution in [0.4, 0.5) is 0 Å². The van der Waals surface area contributed by atoms with Crippen LogP contribution in [0, 0.1) is 6.92 Å². The van der Waals surface area contributed by atoms with Crippen LogP contribution in [0.2, 0.25) is 0 Å². The number of nitrogens with one attached hydrogen (secondary N) is 1. The van der Waals surface area contributed by atoms with Gasteiger partial charge in [-0.2, -0.15) is 4.68 Å². The Morgan fingerprint density at radius 3 is 2.50 bits per heavy atom. The number of carbonyl (C=O) groups is 1. The number of aliphatic hydroxyl groups is 1. The first-order valence-corrected chi connectivity index (χ1v) is 9.37. The van der Waals surface area contributed by atoms with Crippen molar-refractivity contribution in [2.75, 3.05) is 0 Å². The average Bonchev–Trinajstić information content (AvgIpc) is 3.17. The quantitative estimate of drug-likeness (QED) is 0.687. The lowest BCUT2D eigenvalue weighted by Gasteiger charge is -2.17. The van der Waals surface area contributed by atoms with E-state index in [1.807, 2.05) is 50.2 Å². The summed E-state index contributed by atoms with van der Waals surface area (Å²) < 4.78 is 1.65. The van der Waals surface area contributed by atoms with Crippen LogP contribution in [0.3, 0.4) is 0 Å². The summed E-state index contributed by atoms with van der Waals surface area (Å²) in [6, 6.07) is 13.3. The Balaban J connectivity index is 2.08. The number of carbonyl (C=O) groups excluding carboxylic acids is 1. The molecule has 0 saturated heterocycles. The molecule has 2 atom stereocenters. The summed E-state index contributed by atoms with van der Waals surface area (Å²) in [7, 11) is 0. The van der Waals surface area contributed by atoms with Gasteiger partial charge in [0.05, 0.1) is 17.8 Å². The second-order valence-corrected chi connectivity index (χ2v) is 7.00. The molecular weight excluding hydrogens is 354 g/mol. The number of rotatable bonds is 6. The van der Waals surface area contributed by atoms with Gasteiger partial charge in [0.2, 0.25) is 0 Å². The summed E-state index contributed by atoms with van der Waals surface area (Å²) in [5.41, 5.74) is 4.26. The summed E-state index contributed by atoms with van der Waals surface area (Å²) in [5, 5.41) is 24.4. The molecule has 3 rings (SSSR count). The maximum Gasteiger partial charge on any atom is 0.251 e. The minimum absolute atomic E-state index is 0.255. The zero-order valence-electron chi connectivity index (χ0n) is 16.5. The van der Waals surface area contributed by atoms with Crippen molar-refractivity contribution in [2.24, 2.45) is 0 Å². The van der Waals surface area contributed by atoms with Gasteiger partial charge < -0.3 is 10.4 Å². The molecule has 1 unspecified atom stereocenters.